The molecule has 1 aromatic carbocycles. The summed E-state index contributed by atoms with van der Waals surface area (Å²) in [4.78, 5) is 0. The molecule has 0 atom stereocenters. The van der Waals surface area contributed by atoms with Gasteiger partial charge in [0.05, 0.1) is 0 Å². The maximum Gasteiger partial charge on any atom is 0.130 e. The fourth-order valence-electron chi connectivity index (χ4n) is 1.09. The molecule has 1 N–H and O–H groups in total. The summed E-state index contributed by atoms with van der Waals surface area (Å²) < 4.78 is 12.9. The molecule has 0 amide bonds. The maximum absolute atomic E-state index is 12.9. The number of benzene rings is 1. The molecule has 0 bridgehead atoms. The van der Waals surface area contributed by atoms with Crippen molar-refractivity contribution in [2.75, 3.05) is 0 Å². The summed E-state index contributed by atoms with van der Waals surface area (Å²) in [5.41, 5.74) is 1.49. The van der Waals surface area contributed by atoms with E-state index in [0.29, 0.717) is 5.56 Å². The Morgan fingerprint density at radius 3 is 2.64 bits per heavy atom. The van der Waals surface area contributed by atoms with Gasteiger partial charge in [0.2, 0.25) is 0 Å². The van der Waals surface area contributed by atoms with Crippen molar-refractivity contribution in [2.45, 2.75) is 20.3 Å². The molecule has 1 nitrogen and oxygen atoms in total. The molecule has 0 unspecified atom stereocenters. The van der Waals surface area contributed by atoms with Crippen LogP contribution >= 0.6 is 0 Å². The molecule has 1 aromatic rings. The van der Waals surface area contributed by atoms with E-state index in [-0.39, 0.29) is 11.6 Å². The van der Waals surface area contributed by atoms with Crippen LogP contribution in [0.2, 0.25) is 0 Å². The number of phenolic OH excluding ortho intramolecular Hbond substituents is 1. The molecule has 11 heavy (non-hydrogen) atoms. The molecule has 2 heteroatoms. The molecule has 0 heterocycles. The monoisotopic (exact) mass is 154 g/mol. The van der Waals surface area contributed by atoms with Crippen molar-refractivity contribution in [1.82, 2.24) is 0 Å². The fourth-order valence-corrected chi connectivity index (χ4v) is 1.09. The molecule has 0 saturated heterocycles. The third kappa shape index (κ3) is 1.50. The Labute approximate surface area is 65.5 Å². The van der Waals surface area contributed by atoms with Crippen molar-refractivity contribution in [2.24, 2.45) is 0 Å². The van der Waals surface area contributed by atoms with E-state index < -0.39 is 0 Å². The van der Waals surface area contributed by atoms with Crippen molar-refractivity contribution in [3.8, 4) is 5.75 Å². The highest BCUT2D eigenvalue weighted by Crippen LogP contribution is 2.19. The number of hydrogen-bond acceptors (Lipinski definition) is 1. The minimum absolute atomic E-state index is 0.00458. The van der Waals surface area contributed by atoms with Gasteiger partial charge in [-0.15, -0.1) is 0 Å². The first-order valence-corrected chi connectivity index (χ1v) is 3.63. The highest BCUT2D eigenvalue weighted by atomic mass is 19.1. The first-order chi connectivity index (χ1) is 5.15. The molecule has 0 aliphatic rings. The van der Waals surface area contributed by atoms with Gasteiger partial charge in [0, 0.05) is 6.07 Å². The normalized spacial score (nSPS) is 10.1. The van der Waals surface area contributed by atoms with Crippen LogP contribution in [0.3, 0.4) is 0 Å². The molecule has 1 rings (SSSR count). The van der Waals surface area contributed by atoms with Gasteiger partial charge < -0.3 is 5.11 Å². The van der Waals surface area contributed by atoms with E-state index in [2.05, 4.69) is 0 Å². The summed E-state index contributed by atoms with van der Waals surface area (Å²) in [7, 11) is 0. The van der Waals surface area contributed by atoms with Crippen LogP contribution < -0.4 is 0 Å². The van der Waals surface area contributed by atoms with E-state index in [1.165, 1.54) is 0 Å². The quantitative estimate of drug-likeness (QED) is 0.658. The third-order valence-corrected chi connectivity index (χ3v) is 1.82. The number of hydrogen-bond donors (Lipinski definition) is 1. The van der Waals surface area contributed by atoms with Crippen LogP contribution in [0.25, 0.3) is 0 Å². The molecule has 0 fully saturated rings. The zero-order valence-electron chi connectivity index (χ0n) is 6.69. The van der Waals surface area contributed by atoms with E-state index in [0.717, 1.165) is 18.1 Å². The second kappa shape index (κ2) is 2.91. The molecule has 0 aliphatic carbocycles. The zero-order valence-corrected chi connectivity index (χ0v) is 6.69. The van der Waals surface area contributed by atoms with Gasteiger partial charge in [-0.2, -0.15) is 0 Å². The van der Waals surface area contributed by atoms with Gasteiger partial charge in [-0.3, -0.25) is 0 Å². The summed E-state index contributed by atoms with van der Waals surface area (Å²) >= 11 is 0. The number of rotatable bonds is 1. The lowest BCUT2D eigenvalue weighted by molar-refractivity contribution is 0.467. The van der Waals surface area contributed by atoms with E-state index in [1.807, 2.05) is 6.92 Å². The molecule has 0 radical (unpaired) electrons. The topological polar surface area (TPSA) is 20.2 Å². The first kappa shape index (κ1) is 8.05. The van der Waals surface area contributed by atoms with Gasteiger partial charge >= 0.3 is 0 Å². The van der Waals surface area contributed by atoms with E-state index in [4.69, 9.17) is 5.11 Å². The highest BCUT2D eigenvalue weighted by molar-refractivity contribution is 5.35. The van der Waals surface area contributed by atoms with Crippen molar-refractivity contribution >= 4 is 0 Å². The summed E-state index contributed by atoms with van der Waals surface area (Å²) in [5.74, 6) is -0.327. The lowest BCUT2D eigenvalue weighted by atomic mass is 10.1. The largest absolute Gasteiger partial charge is 0.508 e. The Morgan fingerprint density at radius 1 is 1.45 bits per heavy atom. The van der Waals surface area contributed by atoms with Crippen molar-refractivity contribution in [3.63, 3.8) is 0 Å². The predicted octanol–water partition coefficient (Wildman–Crippen LogP) is 2.40. The highest BCUT2D eigenvalue weighted by Gasteiger charge is 2.03. The van der Waals surface area contributed by atoms with Crippen LogP contribution in [0.1, 0.15) is 18.1 Å². The second-order valence-electron chi connectivity index (χ2n) is 2.57. The van der Waals surface area contributed by atoms with E-state index >= 15 is 0 Å². The molecule has 60 valence electrons. The van der Waals surface area contributed by atoms with Crippen LogP contribution in [-0.4, -0.2) is 5.11 Å². The molecular formula is C9H11FO. The number of aryl methyl sites for hydroxylation is 1. The summed E-state index contributed by atoms with van der Waals surface area (Å²) in [6.07, 6.45) is 0.747. The first-order valence-electron chi connectivity index (χ1n) is 3.63. The Bertz CT molecular complexity index is 269. The van der Waals surface area contributed by atoms with Crippen LogP contribution in [0, 0.1) is 12.7 Å². The second-order valence-corrected chi connectivity index (χ2v) is 2.57. The molecule has 0 aliphatic heterocycles. The van der Waals surface area contributed by atoms with Gasteiger partial charge in [-0.05, 0) is 30.5 Å². The summed E-state index contributed by atoms with van der Waals surface area (Å²) in [6.45, 7) is 3.65. The van der Waals surface area contributed by atoms with Crippen LogP contribution in [0.4, 0.5) is 4.39 Å². The van der Waals surface area contributed by atoms with Crippen LogP contribution in [-0.2, 0) is 6.42 Å². The zero-order chi connectivity index (χ0) is 8.43. The minimum Gasteiger partial charge on any atom is -0.508 e. The molecular weight excluding hydrogens is 143 g/mol. The maximum atomic E-state index is 12.9. The summed E-state index contributed by atoms with van der Waals surface area (Å²) in [6, 6.07) is 2.73. The lowest BCUT2D eigenvalue weighted by Gasteiger charge is -2.03. The van der Waals surface area contributed by atoms with Crippen LogP contribution in [0.15, 0.2) is 12.1 Å². The average molecular weight is 154 g/mol. The number of phenols is 1. The number of halogens is 1. The van der Waals surface area contributed by atoms with Crippen molar-refractivity contribution < 1.29 is 9.50 Å². The Morgan fingerprint density at radius 2 is 2.09 bits per heavy atom. The predicted molar refractivity (Wildman–Crippen MR) is 42.2 cm³/mol. The third-order valence-electron chi connectivity index (χ3n) is 1.82. The van der Waals surface area contributed by atoms with Gasteiger partial charge in [0.1, 0.15) is 11.6 Å². The van der Waals surface area contributed by atoms with Gasteiger partial charge in [-0.25, -0.2) is 4.39 Å². The van der Waals surface area contributed by atoms with Crippen molar-refractivity contribution in [3.05, 3.63) is 29.1 Å². The van der Waals surface area contributed by atoms with Gasteiger partial charge in [0.15, 0.2) is 0 Å². The van der Waals surface area contributed by atoms with E-state index in [9.17, 15) is 4.39 Å². The average Bonchev–Trinajstić information content (AvgIpc) is 1.96. The Kier molecular flexibility index (Phi) is 2.13. The Balaban J connectivity index is 3.24. The van der Waals surface area contributed by atoms with Crippen molar-refractivity contribution in [1.29, 1.82) is 0 Å². The SMILES string of the molecule is CCc1cc(O)cc(F)c1C. The lowest BCUT2D eigenvalue weighted by Crippen LogP contribution is -1.90. The molecule has 0 saturated carbocycles. The van der Waals surface area contributed by atoms with Crippen LogP contribution in [0.5, 0.6) is 5.75 Å². The fraction of sp³-hybridized carbons (Fsp3) is 0.333. The summed E-state index contributed by atoms with van der Waals surface area (Å²) in [5, 5.41) is 9.01. The Hall–Kier alpha value is -1.05. The standard InChI is InChI=1S/C9H11FO/c1-3-7-4-8(11)5-9(10)6(7)2/h4-5,11H,3H2,1-2H3. The van der Waals surface area contributed by atoms with Gasteiger partial charge in [-0.1, -0.05) is 6.92 Å². The minimum atomic E-state index is -0.332. The van der Waals surface area contributed by atoms with E-state index in [1.54, 1.807) is 13.0 Å². The molecule has 0 spiro atoms. The number of aromatic hydroxyl groups is 1. The van der Waals surface area contributed by atoms with Gasteiger partial charge in [0.25, 0.3) is 0 Å². The smallest absolute Gasteiger partial charge is 0.130 e. The molecule has 0 aromatic heterocycles.